The van der Waals surface area contributed by atoms with E-state index < -0.39 is 0 Å². The predicted molar refractivity (Wildman–Crippen MR) is 134 cm³/mol. The first kappa shape index (κ1) is 21.2. The highest BCUT2D eigenvalue weighted by molar-refractivity contribution is 7.80. The van der Waals surface area contributed by atoms with Gasteiger partial charge in [0.05, 0.1) is 17.8 Å². The van der Waals surface area contributed by atoms with E-state index in [2.05, 4.69) is 78.9 Å². The van der Waals surface area contributed by atoms with E-state index in [4.69, 9.17) is 17.2 Å². The van der Waals surface area contributed by atoms with Gasteiger partial charge in [-0.2, -0.15) is 0 Å². The van der Waals surface area contributed by atoms with E-state index in [0.29, 0.717) is 6.04 Å². The van der Waals surface area contributed by atoms with E-state index in [1.807, 2.05) is 12.3 Å². The molecule has 5 rings (SSSR count). The van der Waals surface area contributed by atoms with Gasteiger partial charge in [-0.15, -0.1) is 0 Å². The summed E-state index contributed by atoms with van der Waals surface area (Å²) in [6.07, 6.45) is 6.87. The smallest absolute Gasteiger partial charge is 0.170 e. The van der Waals surface area contributed by atoms with Crippen LogP contribution < -0.4 is 5.32 Å². The van der Waals surface area contributed by atoms with Crippen molar-refractivity contribution in [2.75, 3.05) is 0 Å². The Bertz CT molecular complexity index is 1120. The highest BCUT2D eigenvalue weighted by Gasteiger charge is 2.44. The summed E-state index contributed by atoms with van der Waals surface area (Å²) in [6, 6.07) is 16.0. The molecule has 3 heterocycles. The van der Waals surface area contributed by atoms with Gasteiger partial charge in [-0.1, -0.05) is 25.0 Å². The van der Waals surface area contributed by atoms with Crippen molar-refractivity contribution in [2.45, 2.75) is 71.5 Å². The Morgan fingerprint density at radius 3 is 2.34 bits per heavy atom. The van der Waals surface area contributed by atoms with Crippen LogP contribution in [0.5, 0.6) is 0 Å². The Balaban J connectivity index is 1.64. The van der Waals surface area contributed by atoms with Crippen LogP contribution in [0.1, 0.15) is 71.5 Å². The van der Waals surface area contributed by atoms with Crippen LogP contribution in [-0.4, -0.2) is 25.6 Å². The lowest BCUT2D eigenvalue weighted by atomic mass is 9.95. The molecule has 1 saturated heterocycles. The van der Waals surface area contributed by atoms with Gasteiger partial charge in [-0.25, -0.2) is 0 Å². The quantitative estimate of drug-likeness (QED) is 0.499. The second kappa shape index (κ2) is 8.36. The largest absolute Gasteiger partial charge is 0.352 e. The minimum absolute atomic E-state index is 0.0532. The molecule has 4 nitrogen and oxygen atoms in total. The zero-order chi connectivity index (χ0) is 22.4. The first-order chi connectivity index (χ1) is 15.4. The molecule has 1 aromatic carbocycles. The Morgan fingerprint density at radius 1 is 0.969 bits per heavy atom. The average Bonchev–Trinajstić information content (AvgIpc) is 3.45. The fourth-order valence-corrected chi connectivity index (χ4v) is 6.23. The van der Waals surface area contributed by atoms with Crippen LogP contribution >= 0.6 is 12.2 Å². The number of hydrogen-bond acceptors (Lipinski definition) is 2. The summed E-state index contributed by atoms with van der Waals surface area (Å²) >= 11 is 5.92. The number of nitrogens with one attached hydrogen (secondary N) is 1. The minimum atomic E-state index is 0.0532. The molecule has 2 fully saturated rings. The van der Waals surface area contributed by atoms with Crippen molar-refractivity contribution in [1.29, 1.82) is 0 Å². The summed E-state index contributed by atoms with van der Waals surface area (Å²) in [5.41, 5.74) is 8.75. The summed E-state index contributed by atoms with van der Waals surface area (Å²) in [5, 5.41) is 4.51. The van der Waals surface area contributed by atoms with Crippen LogP contribution in [0.2, 0.25) is 0 Å². The second-order valence-corrected chi connectivity index (χ2v) is 9.87. The van der Waals surface area contributed by atoms with Gasteiger partial charge in [0.25, 0.3) is 0 Å². The molecule has 0 spiro atoms. The van der Waals surface area contributed by atoms with Gasteiger partial charge >= 0.3 is 0 Å². The minimum Gasteiger partial charge on any atom is -0.352 e. The Morgan fingerprint density at radius 2 is 1.69 bits per heavy atom. The number of hydrogen-bond donors (Lipinski definition) is 1. The molecule has 2 aliphatic rings. The normalized spacial score (nSPS) is 21.4. The Kier molecular flexibility index (Phi) is 5.54. The summed E-state index contributed by atoms with van der Waals surface area (Å²) in [6.45, 7) is 8.81. The molecule has 5 heteroatoms. The number of aryl methyl sites for hydroxylation is 3. The molecule has 2 aromatic heterocycles. The molecular weight excluding hydrogens is 412 g/mol. The molecule has 0 radical (unpaired) electrons. The number of pyridine rings is 1. The lowest BCUT2D eigenvalue weighted by Gasteiger charge is -2.33. The summed E-state index contributed by atoms with van der Waals surface area (Å²) in [7, 11) is 0. The third-order valence-corrected chi connectivity index (χ3v) is 7.44. The Labute approximate surface area is 196 Å². The van der Waals surface area contributed by atoms with Gasteiger partial charge in [-0.3, -0.25) is 4.98 Å². The Hall–Kier alpha value is -2.66. The van der Waals surface area contributed by atoms with Gasteiger partial charge in [0.15, 0.2) is 5.11 Å². The van der Waals surface area contributed by atoms with Crippen molar-refractivity contribution in [1.82, 2.24) is 19.8 Å². The van der Waals surface area contributed by atoms with Gasteiger partial charge in [0.2, 0.25) is 0 Å². The monoisotopic (exact) mass is 444 g/mol. The van der Waals surface area contributed by atoms with E-state index in [9.17, 15) is 0 Å². The molecule has 1 N–H and O–H groups in total. The molecule has 2 atom stereocenters. The highest BCUT2D eigenvalue weighted by Crippen LogP contribution is 2.44. The molecular formula is C27H32N4S. The lowest BCUT2D eigenvalue weighted by molar-refractivity contribution is 0.245. The fourth-order valence-electron chi connectivity index (χ4n) is 5.84. The van der Waals surface area contributed by atoms with Gasteiger partial charge in [0, 0.05) is 29.3 Å². The van der Waals surface area contributed by atoms with Gasteiger partial charge in [0.1, 0.15) is 0 Å². The zero-order valence-corrected chi connectivity index (χ0v) is 20.2. The van der Waals surface area contributed by atoms with Crippen LogP contribution in [0.3, 0.4) is 0 Å². The maximum Gasteiger partial charge on any atom is 0.170 e. The maximum atomic E-state index is 5.92. The van der Waals surface area contributed by atoms with Crippen molar-refractivity contribution in [3.05, 3.63) is 82.4 Å². The van der Waals surface area contributed by atoms with E-state index in [0.717, 1.165) is 10.8 Å². The van der Waals surface area contributed by atoms with Crippen molar-refractivity contribution in [3.8, 4) is 5.69 Å². The number of rotatable bonds is 4. The molecule has 0 bridgehead atoms. The molecule has 0 amide bonds. The predicted octanol–water partition coefficient (Wildman–Crippen LogP) is 6.02. The first-order valence-electron chi connectivity index (χ1n) is 11.7. The zero-order valence-electron chi connectivity index (χ0n) is 19.4. The van der Waals surface area contributed by atoms with Crippen LogP contribution in [0.4, 0.5) is 0 Å². The number of nitrogens with zero attached hydrogens (tertiary/aromatic N) is 3. The van der Waals surface area contributed by atoms with E-state index in [1.165, 1.54) is 59.4 Å². The third-order valence-electron chi connectivity index (χ3n) is 7.11. The van der Waals surface area contributed by atoms with E-state index >= 15 is 0 Å². The van der Waals surface area contributed by atoms with Gasteiger partial charge < -0.3 is 14.8 Å². The summed E-state index contributed by atoms with van der Waals surface area (Å²) in [5.74, 6) is 0. The lowest BCUT2D eigenvalue weighted by Crippen LogP contribution is -2.37. The molecule has 2 unspecified atom stereocenters. The maximum absolute atomic E-state index is 5.92. The number of aromatic nitrogens is 2. The summed E-state index contributed by atoms with van der Waals surface area (Å²) in [4.78, 5) is 7.21. The van der Waals surface area contributed by atoms with Crippen molar-refractivity contribution in [2.24, 2.45) is 0 Å². The molecule has 3 aromatic rings. The molecule has 32 heavy (non-hydrogen) atoms. The van der Waals surface area contributed by atoms with Crippen LogP contribution in [0.25, 0.3) is 5.69 Å². The van der Waals surface area contributed by atoms with Crippen LogP contribution in [-0.2, 0) is 0 Å². The SMILES string of the molecule is Cc1cc(C)cc(-n2c(C)cc(C3C(c4ccccn4)NC(=S)N3C3CCCC3)c2C)c1. The highest BCUT2D eigenvalue weighted by atomic mass is 32.1. The van der Waals surface area contributed by atoms with Crippen LogP contribution in [0.15, 0.2) is 48.7 Å². The standard InChI is InChI=1S/C27H32N4S/c1-17-13-18(2)15-22(14-17)30-19(3)16-23(20(30)4)26-25(24-11-7-8-12-28-24)29-27(32)31(26)21-9-5-6-10-21/h7-8,11-16,21,25-26H,5-6,9-10H2,1-4H3,(H,29,32). The van der Waals surface area contributed by atoms with E-state index in [1.54, 1.807) is 0 Å². The fraction of sp³-hybridized carbons (Fsp3) is 0.407. The number of thiocarbonyl (C=S) groups is 1. The molecule has 166 valence electrons. The average molecular weight is 445 g/mol. The van der Waals surface area contributed by atoms with Crippen molar-refractivity contribution in [3.63, 3.8) is 0 Å². The summed E-state index contributed by atoms with van der Waals surface area (Å²) < 4.78 is 2.40. The molecule has 1 aliphatic heterocycles. The van der Waals surface area contributed by atoms with Gasteiger partial charge in [-0.05, 0) is 99.8 Å². The molecule has 1 saturated carbocycles. The van der Waals surface area contributed by atoms with E-state index in [-0.39, 0.29) is 12.1 Å². The second-order valence-electron chi connectivity index (χ2n) is 9.48. The first-order valence-corrected chi connectivity index (χ1v) is 12.1. The van der Waals surface area contributed by atoms with Crippen LogP contribution in [0, 0.1) is 27.7 Å². The van der Waals surface area contributed by atoms with Crippen molar-refractivity contribution >= 4 is 17.3 Å². The third kappa shape index (κ3) is 3.62. The molecule has 1 aliphatic carbocycles. The number of benzene rings is 1. The van der Waals surface area contributed by atoms with Crippen molar-refractivity contribution < 1.29 is 0 Å². The topological polar surface area (TPSA) is 33.1 Å².